The Morgan fingerprint density at radius 3 is 2.68 bits per heavy atom. The number of benzene rings is 1. The highest BCUT2D eigenvalue weighted by Crippen LogP contribution is 2.09. The molecule has 0 unspecified atom stereocenters. The molecule has 0 aromatic heterocycles. The minimum atomic E-state index is -0.197. The molecular formula is C15H21FN2O. The summed E-state index contributed by atoms with van der Waals surface area (Å²) in [6, 6.07) is 6.71. The van der Waals surface area contributed by atoms with Gasteiger partial charge in [-0.2, -0.15) is 0 Å². The largest absolute Gasteiger partial charge is 0.343 e. The van der Waals surface area contributed by atoms with Gasteiger partial charge in [-0.05, 0) is 25.3 Å². The first-order valence-corrected chi connectivity index (χ1v) is 6.99. The summed E-state index contributed by atoms with van der Waals surface area (Å²) < 4.78 is 13.4. The third kappa shape index (κ3) is 4.31. The molecule has 0 atom stereocenters. The van der Waals surface area contributed by atoms with Crippen molar-refractivity contribution in [3.8, 4) is 0 Å². The van der Waals surface area contributed by atoms with Gasteiger partial charge in [-0.25, -0.2) is 4.39 Å². The molecule has 1 heterocycles. The molecule has 0 radical (unpaired) electrons. The number of carbonyl (C=O) groups excluding carboxylic acids is 1. The summed E-state index contributed by atoms with van der Waals surface area (Å²) in [4.78, 5) is 13.8. The van der Waals surface area contributed by atoms with Crippen LogP contribution in [0.4, 0.5) is 4.39 Å². The Bertz CT molecular complexity index is 416. The molecule has 0 aliphatic carbocycles. The molecule has 1 aromatic rings. The van der Waals surface area contributed by atoms with Crippen LogP contribution in [-0.4, -0.2) is 30.4 Å². The first-order valence-electron chi connectivity index (χ1n) is 6.99. The first-order chi connectivity index (χ1) is 9.27. The average molecular weight is 264 g/mol. The lowest BCUT2D eigenvalue weighted by Crippen LogP contribution is -2.37. The Morgan fingerprint density at radius 2 is 1.95 bits per heavy atom. The van der Waals surface area contributed by atoms with E-state index in [9.17, 15) is 9.18 Å². The second kappa shape index (κ2) is 7.24. The number of hydrogen-bond acceptors (Lipinski definition) is 2. The zero-order chi connectivity index (χ0) is 13.5. The van der Waals surface area contributed by atoms with Crippen LogP contribution in [0.2, 0.25) is 0 Å². The Hall–Kier alpha value is -1.42. The molecule has 1 aliphatic heterocycles. The van der Waals surface area contributed by atoms with E-state index in [1.807, 2.05) is 11.0 Å². The Balaban J connectivity index is 1.66. The van der Waals surface area contributed by atoms with Gasteiger partial charge in [0.2, 0.25) is 5.91 Å². The average Bonchev–Trinajstić information content (AvgIpc) is 2.46. The molecule has 1 amide bonds. The molecule has 1 aromatic carbocycles. The molecule has 19 heavy (non-hydrogen) atoms. The van der Waals surface area contributed by atoms with E-state index in [0.29, 0.717) is 25.1 Å². The molecule has 104 valence electrons. The van der Waals surface area contributed by atoms with E-state index in [4.69, 9.17) is 0 Å². The van der Waals surface area contributed by atoms with Crippen molar-refractivity contribution in [1.82, 2.24) is 10.2 Å². The number of hydrogen-bond donors (Lipinski definition) is 1. The van der Waals surface area contributed by atoms with Crippen LogP contribution in [0, 0.1) is 5.82 Å². The van der Waals surface area contributed by atoms with E-state index in [1.54, 1.807) is 12.1 Å². The molecule has 1 fully saturated rings. The van der Waals surface area contributed by atoms with Crippen LogP contribution in [0.25, 0.3) is 0 Å². The number of halogens is 1. The van der Waals surface area contributed by atoms with Gasteiger partial charge in [-0.15, -0.1) is 0 Å². The topological polar surface area (TPSA) is 32.3 Å². The van der Waals surface area contributed by atoms with Crippen LogP contribution in [0.3, 0.4) is 0 Å². The van der Waals surface area contributed by atoms with E-state index >= 15 is 0 Å². The fourth-order valence-electron chi connectivity index (χ4n) is 2.36. The zero-order valence-corrected chi connectivity index (χ0v) is 11.2. The maximum absolute atomic E-state index is 13.4. The number of nitrogens with zero attached hydrogens (tertiary/aromatic N) is 1. The fourth-order valence-corrected chi connectivity index (χ4v) is 2.36. The molecule has 0 bridgehead atoms. The predicted octanol–water partition coefficient (Wildman–Crippen LogP) is 2.32. The highest BCUT2D eigenvalue weighted by molar-refractivity contribution is 5.76. The Labute approximate surface area is 113 Å². The Kier molecular flexibility index (Phi) is 5.33. The molecule has 0 saturated carbocycles. The SMILES string of the molecule is O=C(CCNCc1ccccc1F)N1CCCCC1. The van der Waals surface area contributed by atoms with E-state index < -0.39 is 0 Å². The molecule has 2 rings (SSSR count). The molecule has 1 saturated heterocycles. The molecular weight excluding hydrogens is 243 g/mol. The number of likely N-dealkylation sites (tertiary alicyclic amines) is 1. The van der Waals surface area contributed by atoms with Crippen LogP contribution < -0.4 is 5.32 Å². The summed E-state index contributed by atoms with van der Waals surface area (Å²) in [6.07, 6.45) is 3.96. The number of amides is 1. The lowest BCUT2D eigenvalue weighted by molar-refractivity contribution is -0.131. The van der Waals surface area contributed by atoms with Crippen LogP contribution >= 0.6 is 0 Å². The predicted molar refractivity (Wildman–Crippen MR) is 73.2 cm³/mol. The van der Waals surface area contributed by atoms with Crippen molar-refractivity contribution in [1.29, 1.82) is 0 Å². The van der Waals surface area contributed by atoms with Gasteiger partial charge in [0, 0.05) is 38.2 Å². The van der Waals surface area contributed by atoms with Crippen LogP contribution in [0.1, 0.15) is 31.2 Å². The van der Waals surface area contributed by atoms with Crippen molar-refractivity contribution in [3.63, 3.8) is 0 Å². The van der Waals surface area contributed by atoms with Crippen molar-refractivity contribution < 1.29 is 9.18 Å². The molecule has 1 aliphatic rings. The molecule has 1 N–H and O–H groups in total. The van der Waals surface area contributed by atoms with Crippen molar-refractivity contribution >= 4 is 5.91 Å². The van der Waals surface area contributed by atoms with Gasteiger partial charge in [0.15, 0.2) is 0 Å². The van der Waals surface area contributed by atoms with E-state index in [-0.39, 0.29) is 11.7 Å². The highest BCUT2D eigenvalue weighted by atomic mass is 19.1. The summed E-state index contributed by atoms with van der Waals surface area (Å²) in [7, 11) is 0. The van der Waals surface area contributed by atoms with Crippen molar-refractivity contribution in [2.75, 3.05) is 19.6 Å². The second-order valence-corrected chi connectivity index (χ2v) is 4.96. The van der Waals surface area contributed by atoms with Gasteiger partial charge in [0.05, 0.1) is 0 Å². The summed E-state index contributed by atoms with van der Waals surface area (Å²) >= 11 is 0. The molecule has 0 spiro atoms. The number of nitrogens with one attached hydrogen (secondary N) is 1. The number of piperidine rings is 1. The third-order valence-corrected chi connectivity index (χ3v) is 3.50. The van der Waals surface area contributed by atoms with Crippen molar-refractivity contribution in [2.45, 2.75) is 32.2 Å². The first kappa shape index (κ1) is 14.0. The van der Waals surface area contributed by atoms with Crippen LogP contribution in [0.15, 0.2) is 24.3 Å². The van der Waals surface area contributed by atoms with Gasteiger partial charge in [0.25, 0.3) is 0 Å². The van der Waals surface area contributed by atoms with Gasteiger partial charge < -0.3 is 10.2 Å². The van der Waals surface area contributed by atoms with Crippen LogP contribution in [-0.2, 0) is 11.3 Å². The monoisotopic (exact) mass is 264 g/mol. The standard InChI is InChI=1S/C15H21FN2O/c16-14-7-3-2-6-13(14)12-17-9-8-15(19)18-10-4-1-5-11-18/h2-3,6-7,17H,1,4-5,8-12H2. The fraction of sp³-hybridized carbons (Fsp3) is 0.533. The van der Waals surface area contributed by atoms with Gasteiger partial charge in [-0.3, -0.25) is 4.79 Å². The van der Waals surface area contributed by atoms with Gasteiger partial charge in [0.1, 0.15) is 5.82 Å². The van der Waals surface area contributed by atoms with Crippen LogP contribution in [0.5, 0.6) is 0 Å². The summed E-state index contributed by atoms with van der Waals surface area (Å²) in [5, 5.41) is 3.13. The van der Waals surface area contributed by atoms with Crippen molar-refractivity contribution in [3.05, 3.63) is 35.6 Å². The van der Waals surface area contributed by atoms with E-state index in [2.05, 4.69) is 5.32 Å². The number of carbonyl (C=O) groups is 1. The summed E-state index contributed by atoms with van der Waals surface area (Å²) in [5.74, 6) is 0.0121. The lowest BCUT2D eigenvalue weighted by atomic mass is 10.1. The third-order valence-electron chi connectivity index (χ3n) is 3.50. The Morgan fingerprint density at radius 1 is 1.21 bits per heavy atom. The minimum absolute atomic E-state index is 0.197. The second-order valence-electron chi connectivity index (χ2n) is 4.96. The quantitative estimate of drug-likeness (QED) is 0.828. The van der Waals surface area contributed by atoms with Gasteiger partial charge in [-0.1, -0.05) is 18.2 Å². The van der Waals surface area contributed by atoms with E-state index in [1.165, 1.54) is 12.5 Å². The zero-order valence-electron chi connectivity index (χ0n) is 11.2. The summed E-state index contributed by atoms with van der Waals surface area (Å²) in [6.45, 7) is 2.86. The molecule has 4 heteroatoms. The highest BCUT2D eigenvalue weighted by Gasteiger charge is 2.15. The maximum atomic E-state index is 13.4. The summed E-state index contributed by atoms with van der Waals surface area (Å²) in [5.41, 5.74) is 0.646. The maximum Gasteiger partial charge on any atom is 0.223 e. The van der Waals surface area contributed by atoms with Gasteiger partial charge >= 0.3 is 0 Å². The van der Waals surface area contributed by atoms with E-state index in [0.717, 1.165) is 25.9 Å². The lowest BCUT2D eigenvalue weighted by Gasteiger charge is -2.26. The minimum Gasteiger partial charge on any atom is -0.343 e. The number of rotatable bonds is 5. The van der Waals surface area contributed by atoms with Crippen molar-refractivity contribution in [2.24, 2.45) is 0 Å². The molecule has 3 nitrogen and oxygen atoms in total. The smallest absolute Gasteiger partial charge is 0.223 e. The normalized spacial score (nSPS) is 15.5.